The van der Waals surface area contributed by atoms with Gasteiger partial charge >= 0.3 is 0 Å². The zero-order valence-corrected chi connectivity index (χ0v) is 9.08. The standard InChI is InChI=1S/C12H17NO2/c1-2-3-4-7-13-10-5-6-11-12(8-10)15-9-14-11/h5-6,8,13H,2-4,7,9H2,1H3. The van der Waals surface area contributed by atoms with Crippen LogP contribution in [-0.4, -0.2) is 13.3 Å². The van der Waals surface area contributed by atoms with E-state index in [1.807, 2.05) is 18.2 Å². The van der Waals surface area contributed by atoms with E-state index in [4.69, 9.17) is 9.47 Å². The number of ether oxygens (including phenoxy) is 2. The van der Waals surface area contributed by atoms with E-state index < -0.39 is 0 Å². The largest absolute Gasteiger partial charge is 0.454 e. The van der Waals surface area contributed by atoms with Gasteiger partial charge in [0.1, 0.15) is 0 Å². The summed E-state index contributed by atoms with van der Waals surface area (Å²) in [4.78, 5) is 0. The number of benzene rings is 1. The van der Waals surface area contributed by atoms with Gasteiger partial charge in [0.15, 0.2) is 11.5 Å². The number of anilines is 1. The maximum Gasteiger partial charge on any atom is 0.231 e. The van der Waals surface area contributed by atoms with Crippen molar-refractivity contribution in [3.8, 4) is 11.5 Å². The molecular formula is C12H17NO2. The third kappa shape index (κ3) is 2.55. The van der Waals surface area contributed by atoms with Crippen LogP contribution in [0.2, 0.25) is 0 Å². The van der Waals surface area contributed by atoms with Crippen LogP contribution < -0.4 is 14.8 Å². The van der Waals surface area contributed by atoms with E-state index in [-0.39, 0.29) is 0 Å². The molecule has 1 aromatic carbocycles. The molecule has 15 heavy (non-hydrogen) atoms. The number of fused-ring (bicyclic) bond motifs is 1. The van der Waals surface area contributed by atoms with Crippen molar-refractivity contribution in [2.45, 2.75) is 26.2 Å². The van der Waals surface area contributed by atoms with Crippen LogP contribution in [0.25, 0.3) is 0 Å². The summed E-state index contributed by atoms with van der Waals surface area (Å²) in [5.74, 6) is 1.68. The van der Waals surface area contributed by atoms with E-state index in [0.29, 0.717) is 6.79 Å². The normalized spacial score (nSPS) is 12.9. The van der Waals surface area contributed by atoms with Crippen molar-refractivity contribution in [1.29, 1.82) is 0 Å². The van der Waals surface area contributed by atoms with Crippen molar-refractivity contribution in [2.75, 3.05) is 18.7 Å². The first kappa shape index (κ1) is 10.1. The smallest absolute Gasteiger partial charge is 0.231 e. The minimum absolute atomic E-state index is 0.342. The molecule has 0 aromatic heterocycles. The number of hydrogen-bond acceptors (Lipinski definition) is 3. The Labute approximate surface area is 90.4 Å². The predicted octanol–water partition coefficient (Wildman–Crippen LogP) is 3.02. The van der Waals surface area contributed by atoms with E-state index in [1.165, 1.54) is 19.3 Å². The lowest BCUT2D eigenvalue weighted by molar-refractivity contribution is 0.174. The van der Waals surface area contributed by atoms with Crippen LogP contribution in [0.1, 0.15) is 26.2 Å². The topological polar surface area (TPSA) is 30.5 Å². The Kier molecular flexibility index (Phi) is 3.33. The fraction of sp³-hybridized carbons (Fsp3) is 0.500. The van der Waals surface area contributed by atoms with Gasteiger partial charge < -0.3 is 14.8 Å². The van der Waals surface area contributed by atoms with Gasteiger partial charge in [0.05, 0.1) is 0 Å². The average molecular weight is 207 g/mol. The van der Waals surface area contributed by atoms with E-state index in [0.717, 1.165) is 23.7 Å². The van der Waals surface area contributed by atoms with Crippen molar-refractivity contribution in [3.05, 3.63) is 18.2 Å². The Morgan fingerprint density at radius 1 is 1.20 bits per heavy atom. The molecule has 0 amide bonds. The van der Waals surface area contributed by atoms with Crippen molar-refractivity contribution in [1.82, 2.24) is 0 Å². The third-order valence-electron chi connectivity index (χ3n) is 2.48. The van der Waals surface area contributed by atoms with Gasteiger partial charge in [-0.3, -0.25) is 0 Å². The highest BCUT2D eigenvalue weighted by Gasteiger charge is 2.12. The molecule has 82 valence electrons. The Bertz CT molecular complexity index is 325. The molecule has 2 rings (SSSR count). The maximum atomic E-state index is 5.30. The molecule has 0 atom stereocenters. The summed E-state index contributed by atoms with van der Waals surface area (Å²) in [6.45, 7) is 3.57. The van der Waals surface area contributed by atoms with E-state index in [2.05, 4.69) is 12.2 Å². The van der Waals surface area contributed by atoms with Gasteiger partial charge in [-0.25, -0.2) is 0 Å². The molecule has 1 N–H and O–H groups in total. The number of rotatable bonds is 5. The fourth-order valence-corrected chi connectivity index (χ4v) is 1.61. The third-order valence-corrected chi connectivity index (χ3v) is 2.48. The van der Waals surface area contributed by atoms with Gasteiger partial charge in [-0.05, 0) is 18.6 Å². The monoisotopic (exact) mass is 207 g/mol. The Balaban J connectivity index is 1.87. The van der Waals surface area contributed by atoms with Crippen LogP contribution in [-0.2, 0) is 0 Å². The Morgan fingerprint density at radius 3 is 2.93 bits per heavy atom. The molecule has 0 spiro atoms. The van der Waals surface area contributed by atoms with E-state index in [1.54, 1.807) is 0 Å². The molecule has 0 saturated carbocycles. The number of unbranched alkanes of at least 4 members (excludes halogenated alkanes) is 2. The van der Waals surface area contributed by atoms with Gasteiger partial charge in [-0.2, -0.15) is 0 Å². The predicted molar refractivity (Wildman–Crippen MR) is 60.6 cm³/mol. The molecule has 0 bridgehead atoms. The van der Waals surface area contributed by atoms with E-state index in [9.17, 15) is 0 Å². The molecule has 0 aliphatic carbocycles. The lowest BCUT2D eigenvalue weighted by Crippen LogP contribution is -2.00. The molecule has 1 heterocycles. The molecule has 1 aliphatic heterocycles. The highest BCUT2D eigenvalue weighted by atomic mass is 16.7. The molecule has 1 aliphatic rings. The second kappa shape index (κ2) is 4.91. The fourth-order valence-electron chi connectivity index (χ4n) is 1.61. The molecule has 0 saturated heterocycles. The first-order valence-corrected chi connectivity index (χ1v) is 5.53. The number of hydrogen-bond donors (Lipinski definition) is 1. The zero-order chi connectivity index (χ0) is 10.5. The first-order chi connectivity index (χ1) is 7.40. The van der Waals surface area contributed by atoms with Gasteiger partial charge in [0, 0.05) is 18.3 Å². The molecule has 0 radical (unpaired) electrons. The lowest BCUT2D eigenvalue weighted by atomic mass is 10.2. The maximum absolute atomic E-state index is 5.30. The van der Waals surface area contributed by atoms with Crippen LogP contribution in [0.3, 0.4) is 0 Å². The van der Waals surface area contributed by atoms with Crippen LogP contribution in [0.4, 0.5) is 5.69 Å². The summed E-state index contributed by atoms with van der Waals surface area (Å²) in [5, 5.41) is 3.37. The van der Waals surface area contributed by atoms with Crippen molar-refractivity contribution < 1.29 is 9.47 Å². The summed E-state index contributed by atoms with van der Waals surface area (Å²) in [6, 6.07) is 5.97. The van der Waals surface area contributed by atoms with Crippen LogP contribution in [0, 0.1) is 0 Å². The summed E-state index contributed by atoms with van der Waals surface area (Å²) in [7, 11) is 0. The Hall–Kier alpha value is -1.38. The van der Waals surface area contributed by atoms with Crippen molar-refractivity contribution in [2.24, 2.45) is 0 Å². The summed E-state index contributed by atoms with van der Waals surface area (Å²) in [6.07, 6.45) is 3.74. The molecule has 0 unspecified atom stereocenters. The zero-order valence-electron chi connectivity index (χ0n) is 9.08. The molecule has 0 fully saturated rings. The molecule has 3 nitrogen and oxygen atoms in total. The van der Waals surface area contributed by atoms with Crippen LogP contribution in [0.15, 0.2) is 18.2 Å². The van der Waals surface area contributed by atoms with Gasteiger partial charge in [0.2, 0.25) is 6.79 Å². The second-order valence-electron chi connectivity index (χ2n) is 3.70. The highest BCUT2D eigenvalue weighted by Crippen LogP contribution is 2.34. The summed E-state index contributed by atoms with van der Waals surface area (Å²) in [5.41, 5.74) is 1.11. The van der Waals surface area contributed by atoms with Crippen LogP contribution >= 0.6 is 0 Å². The quantitative estimate of drug-likeness (QED) is 0.753. The lowest BCUT2D eigenvalue weighted by Gasteiger charge is -2.06. The van der Waals surface area contributed by atoms with Crippen LogP contribution in [0.5, 0.6) is 11.5 Å². The van der Waals surface area contributed by atoms with E-state index >= 15 is 0 Å². The van der Waals surface area contributed by atoms with Crippen molar-refractivity contribution in [3.63, 3.8) is 0 Å². The second-order valence-corrected chi connectivity index (χ2v) is 3.70. The first-order valence-electron chi connectivity index (χ1n) is 5.53. The SMILES string of the molecule is CCCCCNc1ccc2c(c1)OCO2. The summed E-state index contributed by atoms with van der Waals surface area (Å²) >= 11 is 0. The van der Waals surface area contributed by atoms with Gasteiger partial charge in [0.25, 0.3) is 0 Å². The molecule has 3 heteroatoms. The summed E-state index contributed by atoms with van der Waals surface area (Å²) < 4.78 is 10.6. The van der Waals surface area contributed by atoms with Gasteiger partial charge in [-0.1, -0.05) is 19.8 Å². The van der Waals surface area contributed by atoms with Crippen molar-refractivity contribution >= 4 is 5.69 Å². The molecular weight excluding hydrogens is 190 g/mol. The van der Waals surface area contributed by atoms with Gasteiger partial charge in [-0.15, -0.1) is 0 Å². The number of nitrogens with one attached hydrogen (secondary N) is 1. The average Bonchev–Trinajstić information content (AvgIpc) is 2.71. The highest BCUT2D eigenvalue weighted by molar-refractivity contribution is 5.55. The Morgan fingerprint density at radius 2 is 2.07 bits per heavy atom. The molecule has 1 aromatic rings. The minimum Gasteiger partial charge on any atom is -0.454 e. The minimum atomic E-state index is 0.342.